The van der Waals surface area contributed by atoms with Crippen molar-refractivity contribution in [3.8, 4) is 0 Å². The molecule has 1 saturated carbocycles. The van der Waals surface area contributed by atoms with Gasteiger partial charge in [-0.25, -0.2) is 17.7 Å². The van der Waals surface area contributed by atoms with Crippen molar-refractivity contribution >= 4 is 32.4 Å². The predicted molar refractivity (Wildman–Crippen MR) is 116 cm³/mol. The van der Waals surface area contributed by atoms with Crippen LogP contribution in [0.3, 0.4) is 0 Å². The van der Waals surface area contributed by atoms with Crippen molar-refractivity contribution in [2.45, 2.75) is 23.8 Å². The van der Waals surface area contributed by atoms with Crippen molar-refractivity contribution in [3.63, 3.8) is 0 Å². The van der Waals surface area contributed by atoms with Gasteiger partial charge < -0.3 is 9.88 Å². The van der Waals surface area contributed by atoms with E-state index in [4.69, 9.17) is 6.57 Å². The maximum Gasteiger partial charge on any atom is 0.243 e. The molecule has 7 nitrogen and oxygen atoms in total. The Kier molecular flexibility index (Phi) is 4.72. The Morgan fingerprint density at radius 2 is 2.00 bits per heavy atom. The van der Waals surface area contributed by atoms with Gasteiger partial charge in [0.15, 0.2) is 0 Å². The number of halogens is 1. The Labute approximate surface area is 180 Å². The summed E-state index contributed by atoms with van der Waals surface area (Å²) in [4.78, 5) is 13.2. The van der Waals surface area contributed by atoms with E-state index >= 15 is 0 Å². The van der Waals surface area contributed by atoms with Crippen molar-refractivity contribution in [3.05, 3.63) is 60.0 Å². The molecular formula is C22H22FN5O2S. The fraction of sp³-hybridized carbons (Fsp3) is 0.364. The summed E-state index contributed by atoms with van der Waals surface area (Å²) >= 11 is 0. The maximum atomic E-state index is 13.5. The van der Waals surface area contributed by atoms with Crippen LogP contribution in [-0.4, -0.2) is 48.9 Å². The molecule has 31 heavy (non-hydrogen) atoms. The summed E-state index contributed by atoms with van der Waals surface area (Å²) in [5, 5.41) is 0.920. The normalized spacial score (nSPS) is 23.7. The molecule has 2 aliphatic rings. The van der Waals surface area contributed by atoms with E-state index in [0.29, 0.717) is 18.8 Å². The van der Waals surface area contributed by atoms with Crippen LogP contribution in [0.5, 0.6) is 0 Å². The lowest BCUT2D eigenvalue weighted by molar-refractivity contribution is 0.432. The highest BCUT2D eigenvalue weighted by molar-refractivity contribution is 7.89. The highest BCUT2D eigenvalue weighted by atomic mass is 32.2. The van der Waals surface area contributed by atoms with Gasteiger partial charge in [0.05, 0.1) is 17.2 Å². The first kappa shape index (κ1) is 20.0. The van der Waals surface area contributed by atoms with Crippen molar-refractivity contribution in [1.82, 2.24) is 14.3 Å². The van der Waals surface area contributed by atoms with Gasteiger partial charge in [0.1, 0.15) is 11.5 Å². The number of sulfonamides is 1. The lowest BCUT2D eigenvalue weighted by Gasteiger charge is -2.30. The summed E-state index contributed by atoms with van der Waals surface area (Å²) in [6, 6.07) is 7.35. The molecule has 3 atom stereocenters. The van der Waals surface area contributed by atoms with Gasteiger partial charge >= 0.3 is 0 Å². The fourth-order valence-corrected chi connectivity index (χ4v) is 6.72. The zero-order valence-corrected chi connectivity index (χ0v) is 17.8. The molecule has 0 radical (unpaired) electrons. The quantitative estimate of drug-likeness (QED) is 0.628. The van der Waals surface area contributed by atoms with E-state index in [1.165, 1.54) is 22.5 Å². The highest BCUT2D eigenvalue weighted by Crippen LogP contribution is 2.45. The van der Waals surface area contributed by atoms with E-state index in [1.807, 2.05) is 19.3 Å². The van der Waals surface area contributed by atoms with Crippen LogP contribution in [0, 0.1) is 24.2 Å². The van der Waals surface area contributed by atoms with Crippen LogP contribution in [-0.2, 0) is 10.0 Å². The molecule has 1 saturated heterocycles. The third kappa shape index (κ3) is 3.27. The Bertz CT molecular complexity index is 1280. The van der Waals surface area contributed by atoms with Gasteiger partial charge in [0.2, 0.25) is 15.7 Å². The molecule has 0 amide bonds. The Morgan fingerprint density at radius 1 is 1.26 bits per heavy atom. The minimum atomic E-state index is -3.70. The number of benzene rings is 1. The molecule has 1 aliphatic heterocycles. The summed E-state index contributed by atoms with van der Waals surface area (Å²) in [5.41, 5.74) is 2.14. The molecule has 5 rings (SSSR count). The van der Waals surface area contributed by atoms with Gasteiger partial charge in [-0.3, -0.25) is 4.98 Å². The molecule has 1 N–H and O–H groups in total. The molecule has 1 aromatic carbocycles. The first-order valence-corrected chi connectivity index (χ1v) is 11.6. The molecular weight excluding hydrogens is 417 g/mol. The third-order valence-electron chi connectivity index (χ3n) is 6.69. The van der Waals surface area contributed by atoms with Gasteiger partial charge in [0, 0.05) is 44.0 Å². The molecule has 160 valence electrons. The number of fused-ring (bicyclic) bond motifs is 2. The number of nitrogens with one attached hydrogen (secondary N) is 1. The van der Waals surface area contributed by atoms with E-state index in [9.17, 15) is 12.8 Å². The topological polar surface area (TPSA) is 73.7 Å². The van der Waals surface area contributed by atoms with Gasteiger partial charge in [-0.1, -0.05) is 6.07 Å². The minimum absolute atomic E-state index is 0.00877. The lowest BCUT2D eigenvalue weighted by Crippen LogP contribution is -2.34. The monoisotopic (exact) mass is 439 g/mol. The Morgan fingerprint density at radius 3 is 2.68 bits per heavy atom. The molecule has 3 heterocycles. The van der Waals surface area contributed by atoms with E-state index in [-0.39, 0.29) is 22.8 Å². The summed E-state index contributed by atoms with van der Waals surface area (Å²) in [6.45, 7) is 8.43. The first-order chi connectivity index (χ1) is 14.9. The zero-order chi connectivity index (χ0) is 21.8. The van der Waals surface area contributed by atoms with Gasteiger partial charge in [-0.2, -0.15) is 4.31 Å². The molecule has 2 aromatic heterocycles. The smallest absolute Gasteiger partial charge is 0.243 e. The number of anilines is 1. The van der Waals surface area contributed by atoms with E-state index in [1.54, 1.807) is 6.20 Å². The van der Waals surface area contributed by atoms with Crippen molar-refractivity contribution in [1.29, 1.82) is 0 Å². The van der Waals surface area contributed by atoms with Crippen LogP contribution in [0.2, 0.25) is 0 Å². The Balaban J connectivity index is 1.35. The van der Waals surface area contributed by atoms with Crippen LogP contribution in [0.4, 0.5) is 15.8 Å². The number of aromatic amines is 1. The maximum absolute atomic E-state index is 13.5. The van der Waals surface area contributed by atoms with Crippen LogP contribution in [0.15, 0.2) is 47.6 Å². The van der Waals surface area contributed by atoms with Crippen molar-refractivity contribution in [2.24, 2.45) is 11.8 Å². The number of rotatable bonds is 4. The second-order valence-electron chi connectivity index (χ2n) is 8.38. The molecule has 1 unspecified atom stereocenters. The standard InChI is InChI=1S/C22H22FN5O2S/c1-24-20-11-26-22-19(6-7-25-22)21(20)27(2)17-8-14-12-28(13-15(14)9-17)31(29,30)18-5-3-4-16(23)10-18/h3-7,10-11,14-15,17H,8-9,12-13H2,2H3,(H,25,26)/t14-,15+,17?. The largest absolute Gasteiger partial charge is 0.380 e. The minimum Gasteiger partial charge on any atom is -0.380 e. The average molecular weight is 440 g/mol. The summed E-state index contributed by atoms with van der Waals surface area (Å²) in [7, 11) is -1.69. The summed E-state index contributed by atoms with van der Waals surface area (Å²) in [6.07, 6.45) is 5.12. The van der Waals surface area contributed by atoms with E-state index in [0.717, 1.165) is 35.6 Å². The van der Waals surface area contributed by atoms with E-state index < -0.39 is 15.8 Å². The summed E-state index contributed by atoms with van der Waals surface area (Å²) < 4.78 is 41.0. The van der Waals surface area contributed by atoms with E-state index in [2.05, 4.69) is 19.7 Å². The van der Waals surface area contributed by atoms with Gasteiger partial charge in [0.25, 0.3) is 0 Å². The van der Waals surface area contributed by atoms with Crippen molar-refractivity contribution in [2.75, 3.05) is 25.0 Å². The van der Waals surface area contributed by atoms with Crippen LogP contribution in [0.25, 0.3) is 15.9 Å². The van der Waals surface area contributed by atoms with Crippen LogP contribution in [0.1, 0.15) is 12.8 Å². The van der Waals surface area contributed by atoms with Gasteiger partial charge in [-0.05, 0) is 48.9 Å². The molecule has 3 aromatic rings. The highest BCUT2D eigenvalue weighted by Gasteiger charge is 2.46. The molecule has 2 fully saturated rings. The molecule has 9 heteroatoms. The number of hydrogen-bond acceptors (Lipinski definition) is 4. The molecule has 1 aliphatic carbocycles. The fourth-order valence-electron chi connectivity index (χ4n) is 5.13. The van der Waals surface area contributed by atoms with Gasteiger partial charge in [-0.15, -0.1) is 0 Å². The SMILES string of the molecule is [C-]#[N+]c1cnc2[nH]ccc2c1N(C)C1C[C@@H]2CN(S(=O)(=O)c3cccc(F)c3)C[C@@H]2C1. The second kappa shape index (κ2) is 7.32. The van der Waals surface area contributed by atoms with Crippen LogP contribution >= 0.6 is 0 Å². The zero-order valence-electron chi connectivity index (χ0n) is 17.0. The predicted octanol–water partition coefficient (Wildman–Crippen LogP) is 3.79. The van der Waals surface area contributed by atoms with Crippen molar-refractivity contribution < 1.29 is 12.8 Å². The molecule has 0 spiro atoms. The second-order valence-corrected chi connectivity index (χ2v) is 10.3. The Hall–Kier alpha value is -2.96. The number of nitrogens with zero attached hydrogens (tertiary/aromatic N) is 4. The van der Waals surface area contributed by atoms with Crippen LogP contribution < -0.4 is 4.90 Å². The number of hydrogen-bond donors (Lipinski definition) is 1. The summed E-state index contributed by atoms with van der Waals surface area (Å²) in [5.74, 6) is -0.0577. The number of pyridine rings is 1. The average Bonchev–Trinajstić information content (AvgIpc) is 3.47. The first-order valence-electron chi connectivity index (χ1n) is 10.2. The lowest BCUT2D eigenvalue weighted by atomic mass is 10.0. The number of aromatic nitrogens is 2. The third-order valence-corrected chi connectivity index (χ3v) is 8.51. The number of H-pyrrole nitrogens is 1. The molecule has 0 bridgehead atoms.